The van der Waals surface area contributed by atoms with Crippen LogP contribution in [-0.2, 0) is 0 Å². The SMILES string of the molecule is CCOc1ccc(C(N)c2cccc3cccnc23)cc1. The topological polar surface area (TPSA) is 48.1 Å². The maximum atomic E-state index is 6.43. The predicted molar refractivity (Wildman–Crippen MR) is 85.4 cm³/mol. The minimum absolute atomic E-state index is 0.195. The molecule has 0 fully saturated rings. The molecule has 0 aliphatic heterocycles. The zero-order valence-corrected chi connectivity index (χ0v) is 12.0. The van der Waals surface area contributed by atoms with Gasteiger partial charge in [-0.15, -0.1) is 0 Å². The molecule has 0 bridgehead atoms. The van der Waals surface area contributed by atoms with Crippen LogP contribution < -0.4 is 10.5 Å². The minimum Gasteiger partial charge on any atom is -0.494 e. The van der Waals surface area contributed by atoms with E-state index in [0.29, 0.717) is 6.61 Å². The molecule has 106 valence electrons. The summed E-state index contributed by atoms with van der Waals surface area (Å²) in [4.78, 5) is 4.47. The quantitative estimate of drug-likeness (QED) is 0.792. The Hall–Kier alpha value is -2.39. The fraction of sp³-hybridized carbons (Fsp3) is 0.167. The summed E-state index contributed by atoms with van der Waals surface area (Å²) < 4.78 is 5.46. The molecule has 0 aliphatic rings. The van der Waals surface area contributed by atoms with E-state index in [2.05, 4.69) is 17.1 Å². The largest absolute Gasteiger partial charge is 0.494 e. The minimum atomic E-state index is -0.195. The Morgan fingerprint density at radius 2 is 1.81 bits per heavy atom. The summed E-state index contributed by atoms with van der Waals surface area (Å²) in [5, 5.41) is 1.11. The van der Waals surface area contributed by atoms with Crippen molar-refractivity contribution in [2.24, 2.45) is 5.73 Å². The number of pyridine rings is 1. The Labute approximate surface area is 124 Å². The molecule has 1 aromatic heterocycles. The van der Waals surface area contributed by atoms with Crippen LogP contribution in [0.25, 0.3) is 10.9 Å². The monoisotopic (exact) mass is 278 g/mol. The molecule has 0 saturated carbocycles. The normalized spacial score (nSPS) is 12.3. The van der Waals surface area contributed by atoms with Gasteiger partial charge in [-0.05, 0) is 36.2 Å². The molecule has 1 heterocycles. The van der Waals surface area contributed by atoms with Gasteiger partial charge in [-0.3, -0.25) is 4.98 Å². The number of aromatic nitrogens is 1. The highest BCUT2D eigenvalue weighted by atomic mass is 16.5. The maximum absolute atomic E-state index is 6.43. The number of nitrogens with zero attached hydrogens (tertiary/aromatic N) is 1. The highest BCUT2D eigenvalue weighted by Gasteiger charge is 2.12. The molecule has 0 saturated heterocycles. The Kier molecular flexibility index (Phi) is 3.84. The van der Waals surface area contributed by atoms with E-state index < -0.39 is 0 Å². The Bertz CT molecular complexity index is 732. The van der Waals surface area contributed by atoms with Gasteiger partial charge in [-0.1, -0.05) is 36.4 Å². The number of nitrogens with two attached hydrogens (primary N) is 1. The molecule has 3 nitrogen and oxygen atoms in total. The number of fused-ring (bicyclic) bond motifs is 1. The average molecular weight is 278 g/mol. The first-order valence-corrected chi connectivity index (χ1v) is 7.11. The third-order valence-corrected chi connectivity index (χ3v) is 3.55. The van der Waals surface area contributed by atoms with E-state index in [-0.39, 0.29) is 6.04 Å². The van der Waals surface area contributed by atoms with Crippen LogP contribution in [0.3, 0.4) is 0 Å². The number of hydrogen-bond acceptors (Lipinski definition) is 3. The lowest BCUT2D eigenvalue weighted by atomic mass is 9.97. The predicted octanol–water partition coefficient (Wildman–Crippen LogP) is 3.68. The lowest BCUT2D eigenvalue weighted by Gasteiger charge is -2.15. The van der Waals surface area contributed by atoms with Crippen molar-refractivity contribution in [1.82, 2.24) is 4.98 Å². The van der Waals surface area contributed by atoms with Crippen molar-refractivity contribution in [3.05, 3.63) is 71.9 Å². The number of para-hydroxylation sites is 1. The summed E-state index contributed by atoms with van der Waals surface area (Å²) in [7, 11) is 0. The molecule has 21 heavy (non-hydrogen) atoms. The van der Waals surface area contributed by atoms with E-state index >= 15 is 0 Å². The fourth-order valence-electron chi connectivity index (χ4n) is 2.50. The van der Waals surface area contributed by atoms with E-state index in [1.54, 1.807) is 6.20 Å². The van der Waals surface area contributed by atoms with Gasteiger partial charge in [0.15, 0.2) is 0 Å². The van der Waals surface area contributed by atoms with Crippen molar-refractivity contribution in [3.8, 4) is 5.75 Å². The molecule has 0 aliphatic carbocycles. The fourth-order valence-corrected chi connectivity index (χ4v) is 2.50. The van der Waals surface area contributed by atoms with Crippen molar-refractivity contribution in [1.29, 1.82) is 0 Å². The van der Waals surface area contributed by atoms with Gasteiger partial charge in [0.1, 0.15) is 5.75 Å². The second kappa shape index (κ2) is 5.94. The van der Waals surface area contributed by atoms with Crippen LogP contribution in [-0.4, -0.2) is 11.6 Å². The molecule has 3 rings (SSSR count). The number of benzene rings is 2. The van der Waals surface area contributed by atoms with Crippen LogP contribution in [0.15, 0.2) is 60.8 Å². The molecule has 0 spiro atoms. The van der Waals surface area contributed by atoms with Crippen LogP contribution in [0.4, 0.5) is 0 Å². The third kappa shape index (κ3) is 2.73. The van der Waals surface area contributed by atoms with E-state index in [1.807, 2.05) is 49.4 Å². The standard InChI is InChI=1S/C18H18N2O/c1-2-21-15-10-8-13(9-11-15)17(19)16-7-3-5-14-6-4-12-20-18(14)16/h3-12,17H,2,19H2,1H3. The van der Waals surface area contributed by atoms with Gasteiger partial charge in [0.05, 0.1) is 18.2 Å². The van der Waals surface area contributed by atoms with Gasteiger partial charge in [0, 0.05) is 11.6 Å². The van der Waals surface area contributed by atoms with E-state index in [4.69, 9.17) is 10.5 Å². The third-order valence-electron chi connectivity index (χ3n) is 3.55. The Morgan fingerprint density at radius 3 is 2.57 bits per heavy atom. The molecule has 1 unspecified atom stereocenters. The van der Waals surface area contributed by atoms with Crippen molar-refractivity contribution in [2.45, 2.75) is 13.0 Å². The second-order valence-corrected chi connectivity index (χ2v) is 4.90. The first-order chi connectivity index (χ1) is 10.3. The zero-order chi connectivity index (χ0) is 14.7. The molecular weight excluding hydrogens is 260 g/mol. The van der Waals surface area contributed by atoms with Crippen molar-refractivity contribution in [2.75, 3.05) is 6.61 Å². The highest BCUT2D eigenvalue weighted by Crippen LogP contribution is 2.27. The molecule has 3 heteroatoms. The lowest BCUT2D eigenvalue weighted by molar-refractivity contribution is 0.340. The molecule has 0 amide bonds. The van der Waals surface area contributed by atoms with Crippen molar-refractivity contribution in [3.63, 3.8) is 0 Å². The van der Waals surface area contributed by atoms with Crippen LogP contribution >= 0.6 is 0 Å². The smallest absolute Gasteiger partial charge is 0.119 e. The van der Waals surface area contributed by atoms with Gasteiger partial charge < -0.3 is 10.5 Å². The first-order valence-electron chi connectivity index (χ1n) is 7.11. The second-order valence-electron chi connectivity index (χ2n) is 4.90. The highest BCUT2D eigenvalue weighted by molar-refractivity contribution is 5.82. The van der Waals surface area contributed by atoms with Gasteiger partial charge in [0.2, 0.25) is 0 Å². The molecule has 0 radical (unpaired) electrons. The molecule has 3 aromatic rings. The van der Waals surface area contributed by atoms with Crippen molar-refractivity contribution < 1.29 is 4.74 Å². The summed E-state index contributed by atoms with van der Waals surface area (Å²) in [6.45, 7) is 2.64. The lowest BCUT2D eigenvalue weighted by Crippen LogP contribution is -2.12. The van der Waals surface area contributed by atoms with E-state index in [0.717, 1.165) is 27.8 Å². The van der Waals surface area contributed by atoms with E-state index in [1.165, 1.54) is 0 Å². The van der Waals surface area contributed by atoms with Gasteiger partial charge in [-0.25, -0.2) is 0 Å². The molecule has 2 N–H and O–H groups in total. The van der Waals surface area contributed by atoms with Crippen LogP contribution in [0, 0.1) is 0 Å². The summed E-state index contributed by atoms with van der Waals surface area (Å²) in [6.07, 6.45) is 1.80. The summed E-state index contributed by atoms with van der Waals surface area (Å²) in [5.74, 6) is 0.865. The maximum Gasteiger partial charge on any atom is 0.119 e. The number of rotatable bonds is 4. The summed E-state index contributed by atoms with van der Waals surface area (Å²) in [6, 6.07) is 17.8. The van der Waals surface area contributed by atoms with Gasteiger partial charge in [-0.2, -0.15) is 0 Å². The summed E-state index contributed by atoms with van der Waals surface area (Å²) in [5.41, 5.74) is 9.48. The number of ether oxygens (including phenoxy) is 1. The average Bonchev–Trinajstić information content (AvgIpc) is 2.55. The Morgan fingerprint density at radius 1 is 1.05 bits per heavy atom. The summed E-state index contributed by atoms with van der Waals surface area (Å²) >= 11 is 0. The molecular formula is C18H18N2O. The Balaban J connectivity index is 1.98. The van der Waals surface area contributed by atoms with Gasteiger partial charge in [0.25, 0.3) is 0 Å². The number of hydrogen-bond donors (Lipinski definition) is 1. The van der Waals surface area contributed by atoms with Gasteiger partial charge >= 0.3 is 0 Å². The van der Waals surface area contributed by atoms with E-state index in [9.17, 15) is 0 Å². The van der Waals surface area contributed by atoms with Crippen molar-refractivity contribution >= 4 is 10.9 Å². The molecule has 2 aromatic carbocycles. The van der Waals surface area contributed by atoms with Crippen LogP contribution in [0.5, 0.6) is 5.75 Å². The zero-order valence-electron chi connectivity index (χ0n) is 12.0. The van der Waals surface area contributed by atoms with Crippen LogP contribution in [0.1, 0.15) is 24.1 Å². The molecule has 1 atom stereocenters. The first kappa shape index (κ1) is 13.6. The van der Waals surface area contributed by atoms with Crippen LogP contribution in [0.2, 0.25) is 0 Å².